The zero-order valence-electron chi connectivity index (χ0n) is 30.7. The first-order valence-electron chi connectivity index (χ1n) is 17.9. The van der Waals surface area contributed by atoms with Crippen molar-refractivity contribution >= 4 is 21.8 Å². The van der Waals surface area contributed by atoms with Gasteiger partial charge in [-0.2, -0.15) is 22.9 Å². The second kappa shape index (κ2) is 17.6. The van der Waals surface area contributed by atoms with E-state index < -0.39 is 0 Å². The summed E-state index contributed by atoms with van der Waals surface area (Å²) in [5, 5.41) is 2.02. The van der Waals surface area contributed by atoms with Gasteiger partial charge < -0.3 is 24.0 Å². The van der Waals surface area contributed by atoms with Crippen LogP contribution < -0.4 is 9.47 Å². The number of hydrogen-bond donors (Lipinski definition) is 0. The van der Waals surface area contributed by atoms with E-state index in [-0.39, 0.29) is 41.5 Å². The van der Waals surface area contributed by atoms with Gasteiger partial charge in [-0.1, -0.05) is 99.8 Å². The van der Waals surface area contributed by atoms with E-state index in [1.54, 1.807) is 24.8 Å². The predicted molar refractivity (Wildman–Crippen MR) is 208 cm³/mol. The topological polar surface area (TPSA) is 75.0 Å². The standard InChI is InChI=1S/C46H37N5O2.Pd.Pt/c1-30(2)22-34-26-38-39-27-35(23-31(3)4)45(53-37-15-10-13-33(25-37)41-17-6-8-19-48-41)29-43(39)51(46-49-20-11-21-50-46)42(38)28-44(34)52-36-14-9-12-32(24-36)40-16-5-7-18-47-40;;/h5-21,26-27,30-31H,22-23H2,1-4H3;;/q-4;2*+2. The Hall–Kier alpha value is -4.99. The Morgan fingerprint density at radius 1 is 0.545 bits per heavy atom. The zero-order chi connectivity index (χ0) is 36.3. The molecule has 278 valence electrons. The van der Waals surface area contributed by atoms with E-state index >= 15 is 0 Å². The summed E-state index contributed by atoms with van der Waals surface area (Å²) >= 11 is 0. The van der Waals surface area contributed by atoms with Gasteiger partial charge in [0.05, 0.1) is 0 Å². The molecule has 4 aromatic carbocycles. The Labute approximate surface area is 350 Å². The van der Waals surface area contributed by atoms with Crippen molar-refractivity contribution in [1.82, 2.24) is 24.5 Å². The minimum atomic E-state index is 0. The van der Waals surface area contributed by atoms with Crippen molar-refractivity contribution < 1.29 is 51.0 Å². The van der Waals surface area contributed by atoms with Gasteiger partial charge in [-0.3, -0.25) is 0 Å². The summed E-state index contributed by atoms with van der Waals surface area (Å²) in [5.74, 6) is 3.66. The Bertz CT molecular complexity index is 2370. The van der Waals surface area contributed by atoms with Crippen molar-refractivity contribution in [2.75, 3.05) is 0 Å². The number of fused-ring (bicyclic) bond motifs is 3. The molecule has 0 N–H and O–H groups in total. The normalized spacial score (nSPS) is 11.1. The Morgan fingerprint density at radius 3 is 1.42 bits per heavy atom. The number of rotatable bonds is 11. The van der Waals surface area contributed by atoms with Crippen LogP contribution in [0.25, 0.3) is 50.3 Å². The van der Waals surface area contributed by atoms with E-state index in [0.717, 1.165) is 68.3 Å². The SMILES string of the molecule is CC(C)Cc1cc2c3cc(CC(C)C)c(Oc4[c-]c(-c5ccccn5)ccc4)[c-]c3n(-c3ncccn3)c2[c-]c1Oc1[c-]c(-c2ccccn2)ccc1.[Pd+2].[Pt+2]. The summed E-state index contributed by atoms with van der Waals surface area (Å²) in [6, 6.07) is 43.8. The van der Waals surface area contributed by atoms with Crippen molar-refractivity contribution in [2.24, 2.45) is 11.8 Å². The number of hydrogen-bond acceptors (Lipinski definition) is 6. The van der Waals surface area contributed by atoms with Gasteiger partial charge in [-0.05, 0) is 29.6 Å². The van der Waals surface area contributed by atoms with E-state index in [0.29, 0.717) is 40.8 Å². The maximum Gasteiger partial charge on any atom is 2.00 e. The fourth-order valence-electron chi connectivity index (χ4n) is 6.55. The molecule has 7 nitrogen and oxygen atoms in total. The molecule has 0 aliphatic rings. The Kier molecular flexibility index (Phi) is 12.7. The molecule has 0 amide bonds. The van der Waals surface area contributed by atoms with Crippen LogP contribution in [0.2, 0.25) is 0 Å². The second-order valence-electron chi connectivity index (χ2n) is 13.8. The van der Waals surface area contributed by atoms with Crippen LogP contribution in [0.5, 0.6) is 23.0 Å². The molecule has 0 radical (unpaired) electrons. The minimum Gasteiger partial charge on any atom is -0.503 e. The molecule has 0 fully saturated rings. The molecule has 0 saturated carbocycles. The maximum absolute atomic E-state index is 6.66. The summed E-state index contributed by atoms with van der Waals surface area (Å²) in [4.78, 5) is 18.4. The molecule has 0 bridgehead atoms. The second-order valence-corrected chi connectivity index (χ2v) is 13.8. The summed E-state index contributed by atoms with van der Waals surface area (Å²) in [7, 11) is 0. The van der Waals surface area contributed by atoms with Gasteiger partial charge in [0.1, 0.15) is 0 Å². The van der Waals surface area contributed by atoms with E-state index in [1.165, 1.54) is 0 Å². The zero-order valence-corrected chi connectivity index (χ0v) is 34.6. The average molecular weight is 993 g/mol. The van der Waals surface area contributed by atoms with Crippen molar-refractivity contribution in [3.63, 3.8) is 0 Å². The van der Waals surface area contributed by atoms with Crippen LogP contribution in [0.4, 0.5) is 0 Å². The molecule has 8 rings (SSSR count). The van der Waals surface area contributed by atoms with Crippen molar-refractivity contribution in [2.45, 2.75) is 40.5 Å². The Morgan fingerprint density at radius 2 is 1.00 bits per heavy atom. The van der Waals surface area contributed by atoms with E-state index in [4.69, 9.17) is 9.47 Å². The summed E-state index contributed by atoms with van der Waals surface area (Å²) < 4.78 is 15.3. The number of nitrogens with zero attached hydrogens (tertiary/aromatic N) is 5. The van der Waals surface area contributed by atoms with Crippen molar-refractivity contribution in [3.8, 4) is 51.5 Å². The fourth-order valence-corrected chi connectivity index (χ4v) is 6.55. The minimum absolute atomic E-state index is 0. The van der Waals surface area contributed by atoms with Crippen molar-refractivity contribution in [1.29, 1.82) is 0 Å². The van der Waals surface area contributed by atoms with Crippen LogP contribution in [0.3, 0.4) is 0 Å². The van der Waals surface area contributed by atoms with E-state index in [9.17, 15) is 0 Å². The molecule has 0 spiro atoms. The van der Waals surface area contributed by atoms with Crippen LogP contribution in [0.15, 0.2) is 116 Å². The quantitative estimate of drug-likeness (QED) is 0.0949. The largest absolute Gasteiger partial charge is 2.00 e. The van der Waals surface area contributed by atoms with Gasteiger partial charge in [0.15, 0.2) is 0 Å². The first-order chi connectivity index (χ1) is 25.9. The molecule has 0 saturated heterocycles. The smallest absolute Gasteiger partial charge is 0.503 e. The molecular weight excluding hydrogens is 956 g/mol. The first kappa shape index (κ1) is 39.7. The number of aromatic nitrogens is 5. The van der Waals surface area contributed by atoms with Crippen LogP contribution in [-0.4, -0.2) is 24.5 Å². The van der Waals surface area contributed by atoms with Gasteiger partial charge in [0.25, 0.3) is 0 Å². The van der Waals surface area contributed by atoms with Gasteiger partial charge in [-0.15, -0.1) is 70.8 Å². The van der Waals surface area contributed by atoms with Gasteiger partial charge in [0, 0.05) is 47.8 Å². The third-order valence-corrected chi connectivity index (χ3v) is 8.78. The number of ether oxygens (including phenoxy) is 2. The van der Waals surface area contributed by atoms with E-state index in [2.05, 4.69) is 84.0 Å². The summed E-state index contributed by atoms with van der Waals surface area (Å²) in [5.41, 5.74) is 7.01. The number of benzene rings is 4. The fraction of sp³-hybridized carbons (Fsp3) is 0.174. The van der Waals surface area contributed by atoms with Gasteiger partial charge in [0.2, 0.25) is 5.95 Å². The average Bonchev–Trinajstić information content (AvgIpc) is 3.47. The van der Waals surface area contributed by atoms with Crippen LogP contribution in [0.1, 0.15) is 38.8 Å². The number of pyridine rings is 2. The summed E-state index contributed by atoms with van der Waals surface area (Å²) in [6.07, 6.45) is 8.63. The Balaban J connectivity index is 0.00000257. The molecule has 4 heterocycles. The summed E-state index contributed by atoms with van der Waals surface area (Å²) in [6.45, 7) is 8.84. The molecular formula is C46H37N5O2PdPt. The maximum atomic E-state index is 6.66. The van der Waals surface area contributed by atoms with Crippen molar-refractivity contribution in [3.05, 3.63) is 151 Å². The molecule has 0 aliphatic heterocycles. The van der Waals surface area contributed by atoms with Crippen LogP contribution in [-0.2, 0) is 54.3 Å². The van der Waals surface area contributed by atoms with Crippen LogP contribution >= 0.6 is 0 Å². The third kappa shape index (κ3) is 8.79. The molecule has 4 aromatic heterocycles. The monoisotopic (exact) mass is 992 g/mol. The molecule has 0 unspecified atom stereocenters. The van der Waals surface area contributed by atoms with E-state index in [1.807, 2.05) is 83.4 Å². The molecule has 0 aliphatic carbocycles. The van der Waals surface area contributed by atoms with Gasteiger partial charge >= 0.3 is 41.5 Å². The van der Waals surface area contributed by atoms with Gasteiger partial charge in [-0.25, -0.2) is 9.97 Å². The molecule has 55 heavy (non-hydrogen) atoms. The molecule has 8 aromatic rings. The third-order valence-electron chi connectivity index (χ3n) is 8.78. The predicted octanol–water partition coefficient (Wildman–Crippen LogP) is 10.9. The van der Waals surface area contributed by atoms with Crippen LogP contribution in [0, 0.1) is 36.1 Å². The molecule has 0 atom stereocenters. The molecule has 9 heteroatoms. The first-order valence-corrected chi connectivity index (χ1v) is 17.9.